The summed E-state index contributed by atoms with van der Waals surface area (Å²) in [5, 5.41) is 1.38. The van der Waals surface area contributed by atoms with Gasteiger partial charge in [-0.15, -0.1) is 0 Å². The van der Waals surface area contributed by atoms with Crippen LogP contribution in [0.2, 0.25) is 0 Å². The number of nitrogens with one attached hydrogen (secondary N) is 2. The van der Waals surface area contributed by atoms with Crippen molar-refractivity contribution in [3.63, 3.8) is 0 Å². The standard InChI is InChI=1S/C26H24F6N3O3P/c1-39(2,38)25(29)17(15-6-4-3-5-7-15)9-11-21(22(25)28)35-13-12-20(23(35)36)34-24(37)33-19-10-8-16(14-18(19)27)26(30,31)32/h3-11,14,20,22H,12-13H2,1-2H3,(H2,33,34,37)/t20-,22?,25?/m1/s1. The van der Waals surface area contributed by atoms with Gasteiger partial charge in [-0.25, -0.2) is 18.0 Å². The molecule has 1 heterocycles. The van der Waals surface area contributed by atoms with Gasteiger partial charge in [0.05, 0.1) is 16.9 Å². The summed E-state index contributed by atoms with van der Waals surface area (Å²) in [6.45, 7) is 2.15. The van der Waals surface area contributed by atoms with Crippen LogP contribution in [0.5, 0.6) is 0 Å². The van der Waals surface area contributed by atoms with Crippen LogP contribution in [0.15, 0.2) is 66.4 Å². The molecule has 2 aromatic carbocycles. The second-order valence-corrected chi connectivity index (χ2v) is 12.9. The normalized spacial score (nSPS) is 23.8. The van der Waals surface area contributed by atoms with Gasteiger partial charge in [0.1, 0.15) is 19.0 Å². The van der Waals surface area contributed by atoms with Gasteiger partial charge in [-0.3, -0.25) is 4.79 Å². The number of urea groups is 1. The molecule has 2 unspecified atom stereocenters. The van der Waals surface area contributed by atoms with Crippen LogP contribution >= 0.6 is 7.14 Å². The molecule has 4 rings (SSSR count). The Morgan fingerprint density at radius 3 is 2.36 bits per heavy atom. The monoisotopic (exact) mass is 571 g/mol. The first-order chi connectivity index (χ1) is 18.1. The topological polar surface area (TPSA) is 78.5 Å². The second kappa shape index (κ2) is 10.2. The third-order valence-corrected chi connectivity index (χ3v) is 8.66. The van der Waals surface area contributed by atoms with E-state index in [1.807, 2.05) is 5.32 Å². The van der Waals surface area contributed by atoms with Crippen LogP contribution in [0.25, 0.3) is 5.57 Å². The zero-order valence-electron chi connectivity index (χ0n) is 20.7. The second-order valence-electron chi connectivity index (χ2n) is 9.55. The van der Waals surface area contributed by atoms with Gasteiger partial charge in [-0.2, -0.15) is 13.2 Å². The number of anilines is 1. The van der Waals surface area contributed by atoms with Gasteiger partial charge in [-0.1, -0.05) is 36.4 Å². The summed E-state index contributed by atoms with van der Waals surface area (Å²) >= 11 is 0. The highest BCUT2D eigenvalue weighted by Crippen LogP contribution is 2.63. The molecule has 13 heteroatoms. The number of alkyl halides is 5. The van der Waals surface area contributed by atoms with Crippen molar-refractivity contribution in [3.05, 3.63) is 83.3 Å². The maximum atomic E-state index is 16.5. The van der Waals surface area contributed by atoms with E-state index in [9.17, 15) is 31.7 Å². The molecule has 6 nitrogen and oxygen atoms in total. The van der Waals surface area contributed by atoms with Gasteiger partial charge in [0, 0.05) is 12.1 Å². The molecule has 3 amide bonds. The molecule has 39 heavy (non-hydrogen) atoms. The van der Waals surface area contributed by atoms with Crippen molar-refractivity contribution in [2.24, 2.45) is 0 Å². The molecule has 1 saturated heterocycles. The minimum atomic E-state index is -4.78. The van der Waals surface area contributed by atoms with Gasteiger partial charge in [0.25, 0.3) is 0 Å². The smallest absolute Gasteiger partial charge is 0.326 e. The number of carbonyl (C=O) groups is 2. The Morgan fingerprint density at radius 1 is 1.10 bits per heavy atom. The zero-order chi connectivity index (χ0) is 28.8. The van der Waals surface area contributed by atoms with E-state index < -0.39 is 59.9 Å². The predicted octanol–water partition coefficient (Wildman–Crippen LogP) is 6.17. The van der Waals surface area contributed by atoms with Crippen molar-refractivity contribution in [3.8, 4) is 0 Å². The fraction of sp³-hybridized carbons (Fsp3) is 0.308. The summed E-state index contributed by atoms with van der Waals surface area (Å²) in [5.74, 6) is -2.12. The van der Waals surface area contributed by atoms with Crippen LogP contribution in [-0.4, -0.2) is 54.3 Å². The molecule has 0 saturated carbocycles. The SMILES string of the molecule is CP(C)(=O)C1(F)C(c2ccccc2)=CC=C(N2CC[C@@H](NC(=O)Nc3ccc(C(F)(F)F)cc3F)C2=O)C1F. The Morgan fingerprint density at radius 2 is 1.77 bits per heavy atom. The molecule has 0 bridgehead atoms. The van der Waals surface area contributed by atoms with Crippen LogP contribution in [-0.2, 0) is 15.5 Å². The van der Waals surface area contributed by atoms with E-state index in [2.05, 4.69) is 5.32 Å². The van der Waals surface area contributed by atoms with Crippen LogP contribution in [0.4, 0.5) is 36.8 Å². The lowest BCUT2D eigenvalue weighted by Gasteiger charge is -2.40. The number of allylic oxidation sites excluding steroid dienone is 4. The maximum Gasteiger partial charge on any atom is 0.416 e. The first-order valence-electron chi connectivity index (χ1n) is 11.8. The molecule has 1 aliphatic carbocycles. The molecular formula is C26H24F6N3O3P. The van der Waals surface area contributed by atoms with Gasteiger partial charge in [0.15, 0.2) is 6.17 Å². The summed E-state index contributed by atoms with van der Waals surface area (Å²) in [4.78, 5) is 26.3. The Hall–Kier alpha value is -3.53. The lowest BCUT2D eigenvalue weighted by atomic mass is 9.91. The van der Waals surface area contributed by atoms with Crippen LogP contribution < -0.4 is 10.6 Å². The van der Waals surface area contributed by atoms with E-state index in [1.165, 1.54) is 12.2 Å². The van der Waals surface area contributed by atoms with Crippen LogP contribution in [0.3, 0.4) is 0 Å². The van der Waals surface area contributed by atoms with Crippen molar-refractivity contribution >= 4 is 30.3 Å². The molecular weight excluding hydrogens is 547 g/mol. The molecule has 0 aromatic heterocycles. The van der Waals surface area contributed by atoms with Gasteiger partial charge < -0.3 is 20.1 Å². The Labute approximate surface area is 220 Å². The third kappa shape index (κ3) is 5.34. The van der Waals surface area contributed by atoms with E-state index in [1.54, 1.807) is 30.3 Å². The number of carbonyl (C=O) groups excluding carboxylic acids is 2. The third-order valence-electron chi connectivity index (χ3n) is 6.63. The number of halogens is 6. The number of hydrogen-bond acceptors (Lipinski definition) is 3. The molecule has 2 aliphatic rings. The highest BCUT2D eigenvalue weighted by Gasteiger charge is 2.57. The lowest BCUT2D eigenvalue weighted by molar-refractivity contribution is -0.137. The number of rotatable bonds is 5. The van der Waals surface area contributed by atoms with E-state index in [0.717, 1.165) is 24.3 Å². The van der Waals surface area contributed by atoms with E-state index in [0.29, 0.717) is 11.6 Å². The van der Waals surface area contributed by atoms with Crippen molar-refractivity contribution in [1.82, 2.24) is 10.2 Å². The number of benzene rings is 2. The molecule has 2 aromatic rings. The molecule has 1 aliphatic heterocycles. The van der Waals surface area contributed by atoms with Crippen LogP contribution in [0.1, 0.15) is 17.5 Å². The highest BCUT2D eigenvalue weighted by molar-refractivity contribution is 7.64. The van der Waals surface area contributed by atoms with Crippen LogP contribution in [0, 0.1) is 5.82 Å². The Balaban J connectivity index is 1.52. The predicted molar refractivity (Wildman–Crippen MR) is 134 cm³/mol. The summed E-state index contributed by atoms with van der Waals surface area (Å²) in [6, 6.07) is 7.29. The van der Waals surface area contributed by atoms with Crippen molar-refractivity contribution < 1.29 is 40.5 Å². The van der Waals surface area contributed by atoms with E-state index in [4.69, 9.17) is 0 Å². The first kappa shape index (κ1) is 28.5. The summed E-state index contributed by atoms with van der Waals surface area (Å²) in [5.41, 5.74) is -1.94. The van der Waals surface area contributed by atoms with Crippen molar-refractivity contribution in [2.75, 3.05) is 25.2 Å². The average molecular weight is 571 g/mol. The summed E-state index contributed by atoms with van der Waals surface area (Å²) in [6.07, 6.45) is -4.74. The fourth-order valence-electron chi connectivity index (χ4n) is 4.59. The molecule has 2 N–H and O–H groups in total. The average Bonchev–Trinajstić information content (AvgIpc) is 3.20. The van der Waals surface area contributed by atoms with Gasteiger partial charge in [0.2, 0.25) is 11.3 Å². The minimum Gasteiger partial charge on any atom is -0.326 e. The number of amides is 3. The highest BCUT2D eigenvalue weighted by atomic mass is 31.2. The fourth-order valence-corrected chi connectivity index (χ4v) is 6.05. The number of hydrogen-bond donors (Lipinski definition) is 2. The summed E-state index contributed by atoms with van der Waals surface area (Å²) < 4.78 is 97.7. The Kier molecular flexibility index (Phi) is 7.46. The molecule has 0 spiro atoms. The first-order valence-corrected chi connectivity index (χ1v) is 14.4. The van der Waals surface area contributed by atoms with Gasteiger partial charge >= 0.3 is 12.2 Å². The van der Waals surface area contributed by atoms with Crippen molar-refractivity contribution in [1.29, 1.82) is 0 Å². The summed E-state index contributed by atoms with van der Waals surface area (Å²) in [7, 11) is -3.80. The van der Waals surface area contributed by atoms with Gasteiger partial charge in [-0.05, 0) is 49.6 Å². The lowest BCUT2D eigenvalue weighted by Crippen LogP contribution is -2.47. The zero-order valence-corrected chi connectivity index (χ0v) is 21.6. The maximum absolute atomic E-state index is 16.5. The molecule has 208 valence electrons. The molecule has 1 fully saturated rings. The van der Waals surface area contributed by atoms with Crippen molar-refractivity contribution in [2.45, 2.75) is 30.2 Å². The number of likely N-dealkylation sites (tertiary alicyclic amines) is 1. The minimum absolute atomic E-state index is 0.0176. The quantitative estimate of drug-likeness (QED) is 0.333. The van der Waals surface area contributed by atoms with E-state index in [-0.39, 0.29) is 30.3 Å². The Bertz CT molecular complexity index is 1410. The largest absolute Gasteiger partial charge is 0.416 e. The molecule has 3 atom stereocenters. The van der Waals surface area contributed by atoms with E-state index >= 15 is 8.78 Å². The number of nitrogens with zero attached hydrogens (tertiary/aromatic N) is 1. The molecule has 0 radical (unpaired) electrons.